The van der Waals surface area contributed by atoms with Crippen molar-refractivity contribution in [1.82, 2.24) is 4.98 Å². The van der Waals surface area contributed by atoms with Crippen LogP contribution >= 0.6 is 11.6 Å². The Hall–Kier alpha value is -3.05. The molecular formula is C21H19ClN2O3. The first kappa shape index (κ1) is 18.7. The van der Waals surface area contributed by atoms with Crippen molar-refractivity contribution in [3.63, 3.8) is 0 Å². The highest BCUT2D eigenvalue weighted by Crippen LogP contribution is 2.33. The largest absolute Gasteiger partial charge is 0.496 e. The van der Waals surface area contributed by atoms with E-state index in [-0.39, 0.29) is 0 Å². The molecular weight excluding hydrogens is 364 g/mol. The summed E-state index contributed by atoms with van der Waals surface area (Å²) in [5.41, 5.74) is 3.08. The first-order valence-electron chi connectivity index (χ1n) is 8.30. The highest BCUT2D eigenvalue weighted by molar-refractivity contribution is 6.30. The zero-order valence-electron chi connectivity index (χ0n) is 15.1. The number of aromatic nitrogens is 1. The van der Waals surface area contributed by atoms with Gasteiger partial charge in [0, 0.05) is 35.3 Å². The molecule has 1 heterocycles. The highest BCUT2D eigenvalue weighted by atomic mass is 35.5. The van der Waals surface area contributed by atoms with Crippen LogP contribution in [-0.2, 0) is 11.3 Å². The van der Waals surface area contributed by atoms with Gasteiger partial charge in [0.05, 0.1) is 14.2 Å². The summed E-state index contributed by atoms with van der Waals surface area (Å²) in [5.74, 6) is -0.000793. The Labute approximate surface area is 163 Å². The highest BCUT2D eigenvalue weighted by Gasteiger charge is 2.18. The third kappa shape index (κ3) is 4.38. The topological polar surface area (TPSA) is 51.7 Å². The van der Waals surface area contributed by atoms with Crippen LogP contribution in [0.4, 0.5) is 11.4 Å². The van der Waals surface area contributed by atoms with Crippen LogP contribution < -0.4 is 9.64 Å². The Morgan fingerprint density at radius 1 is 1.07 bits per heavy atom. The molecule has 3 rings (SSSR count). The van der Waals surface area contributed by atoms with Gasteiger partial charge in [-0.1, -0.05) is 23.7 Å². The number of rotatable bonds is 6. The van der Waals surface area contributed by atoms with E-state index in [1.54, 1.807) is 18.3 Å². The molecule has 0 N–H and O–H groups in total. The second-order valence-electron chi connectivity index (χ2n) is 5.80. The van der Waals surface area contributed by atoms with E-state index >= 15 is 0 Å². The number of carbonyl (C=O) groups is 1. The number of ether oxygens (including phenoxy) is 2. The molecule has 0 aliphatic heterocycles. The van der Waals surface area contributed by atoms with E-state index in [0.717, 1.165) is 16.9 Å². The number of nitrogens with zero attached hydrogens (tertiary/aromatic N) is 2. The van der Waals surface area contributed by atoms with Crippen molar-refractivity contribution in [2.24, 2.45) is 0 Å². The maximum atomic E-state index is 12.2. The standard InChI is InChI=1S/C21H19ClN2O3/c1-26-20-9-8-18(12-19(20)21(25)27-2)24(14-15-5-4-10-23-13-15)17-7-3-6-16(22)11-17/h3-13H,14H2,1-2H3. The molecule has 27 heavy (non-hydrogen) atoms. The SMILES string of the molecule is COC(=O)c1cc(N(Cc2cccnc2)c2cccc(Cl)c2)ccc1OC. The minimum atomic E-state index is -0.457. The van der Waals surface area contributed by atoms with Gasteiger partial charge in [0.1, 0.15) is 11.3 Å². The van der Waals surface area contributed by atoms with Crippen LogP contribution in [0, 0.1) is 0 Å². The lowest BCUT2D eigenvalue weighted by Gasteiger charge is -2.26. The summed E-state index contributed by atoms with van der Waals surface area (Å²) in [6.07, 6.45) is 3.54. The van der Waals surface area contributed by atoms with E-state index in [1.807, 2.05) is 48.7 Å². The molecule has 6 heteroatoms. The number of halogens is 1. The van der Waals surface area contributed by atoms with E-state index in [0.29, 0.717) is 22.9 Å². The van der Waals surface area contributed by atoms with Gasteiger partial charge < -0.3 is 14.4 Å². The first-order chi connectivity index (χ1) is 13.1. The summed E-state index contributed by atoms with van der Waals surface area (Å²) in [5, 5.41) is 0.630. The van der Waals surface area contributed by atoms with Crippen LogP contribution in [0.3, 0.4) is 0 Å². The van der Waals surface area contributed by atoms with Crippen molar-refractivity contribution in [3.8, 4) is 5.75 Å². The third-order valence-corrected chi connectivity index (χ3v) is 4.32. The molecule has 0 fully saturated rings. The molecule has 0 unspecified atom stereocenters. The fourth-order valence-corrected chi connectivity index (χ4v) is 2.97. The average Bonchev–Trinajstić information content (AvgIpc) is 2.71. The van der Waals surface area contributed by atoms with E-state index < -0.39 is 5.97 Å². The van der Waals surface area contributed by atoms with E-state index in [1.165, 1.54) is 14.2 Å². The first-order valence-corrected chi connectivity index (χ1v) is 8.68. The fourth-order valence-electron chi connectivity index (χ4n) is 2.78. The molecule has 0 saturated heterocycles. The molecule has 0 saturated carbocycles. The van der Waals surface area contributed by atoms with Gasteiger partial charge in [-0.15, -0.1) is 0 Å². The Kier molecular flexibility index (Phi) is 5.94. The van der Waals surface area contributed by atoms with Crippen molar-refractivity contribution >= 4 is 28.9 Å². The van der Waals surface area contributed by atoms with Crippen LogP contribution in [0.15, 0.2) is 67.0 Å². The lowest BCUT2D eigenvalue weighted by Crippen LogP contribution is -2.17. The number of esters is 1. The van der Waals surface area contributed by atoms with E-state index in [2.05, 4.69) is 9.88 Å². The molecule has 5 nitrogen and oxygen atoms in total. The normalized spacial score (nSPS) is 10.3. The van der Waals surface area contributed by atoms with Crippen molar-refractivity contribution in [2.75, 3.05) is 19.1 Å². The van der Waals surface area contributed by atoms with Gasteiger partial charge in [-0.05, 0) is 48.0 Å². The molecule has 138 valence electrons. The molecule has 0 bridgehead atoms. The van der Waals surface area contributed by atoms with Crippen LogP contribution in [0.5, 0.6) is 5.75 Å². The van der Waals surface area contributed by atoms with Crippen molar-refractivity contribution < 1.29 is 14.3 Å². The van der Waals surface area contributed by atoms with Crippen LogP contribution in [0.2, 0.25) is 5.02 Å². The maximum Gasteiger partial charge on any atom is 0.341 e. The monoisotopic (exact) mass is 382 g/mol. The number of benzene rings is 2. The molecule has 0 spiro atoms. The summed E-state index contributed by atoms with van der Waals surface area (Å²) in [6, 6.07) is 16.8. The fraction of sp³-hybridized carbons (Fsp3) is 0.143. The van der Waals surface area contributed by atoms with Crippen LogP contribution in [-0.4, -0.2) is 25.2 Å². The molecule has 3 aromatic rings. The van der Waals surface area contributed by atoms with Crippen molar-refractivity contribution in [1.29, 1.82) is 0 Å². The van der Waals surface area contributed by atoms with E-state index in [9.17, 15) is 4.79 Å². The molecule has 0 atom stereocenters. The number of methoxy groups -OCH3 is 2. The number of hydrogen-bond acceptors (Lipinski definition) is 5. The Bertz CT molecular complexity index is 932. The summed E-state index contributed by atoms with van der Waals surface area (Å²) in [4.78, 5) is 18.4. The molecule has 0 aliphatic rings. The number of pyridine rings is 1. The zero-order chi connectivity index (χ0) is 19.2. The van der Waals surface area contributed by atoms with Gasteiger partial charge in [-0.25, -0.2) is 4.79 Å². The average molecular weight is 383 g/mol. The van der Waals surface area contributed by atoms with E-state index in [4.69, 9.17) is 21.1 Å². The summed E-state index contributed by atoms with van der Waals surface area (Å²) < 4.78 is 10.2. The quantitative estimate of drug-likeness (QED) is 0.569. The molecule has 0 aliphatic carbocycles. The van der Waals surface area contributed by atoms with Crippen molar-refractivity contribution in [2.45, 2.75) is 6.54 Å². The Balaban J connectivity index is 2.08. The summed E-state index contributed by atoms with van der Waals surface area (Å²) in [6.45, 7) is 0.557. The lowest BCUT2D eigenvalue weighted by atomic mass is 10.1. The predicted octanol–water partition coefficient (Wildman–Crippen LogP) is 4.87. The molecule has 1 aromatic heterocycles. The Morgan fingerprint density at radius 3 is 2.56 bits per heavy atom. The predicted molar refractivity (Wildman–Crippen MR) is 106 cm³/mol. The van der Waals surface area contributed by atoms with Gasteiger partial charge in [0.2, 0.25) is 0 Å². The third-order valence-electron chi connectivity index (χ3n) is 4.08. The zero-order valence-corrected chi connectivity index (χ0v) is 15.8. The van der Waals surface area contributed by atoms with Crippen molar-refractivity contribution in [3.05, 3.63) is 83.1 Å². The Morgan fingerprint density at radius 2 is 1.89 bits per heavy atom. The minimum Gasteiger partial charge on any atom is -0.496 e. The maximum absolute atomic E-state index is 12.2. The van der Waals surface area contributed by atoms with Gasteiger partial charge in [0.15, 0.2) is 0 Å². The van der Waals surface area contributed by atoms with Crippen LogP contribution in [0.1, 0.15) is 15.9 Å². The molecule has 0 radical (unpaired) electrons. The second kappa shape index (κ2) is 8.56. The van der Waals surface area contributed by atoms with Gasteiger partial charge in [-0.2, -0.15) is 0 Å². The smallest absolute Gasteiger partial charge is 0.341 e. The summed E-state index contributed by atoms with van der Waals surface area (Å²) >= 11 is 6.20. The molecule has 0 amide bonds. The summed E-state index contributed by atoms with van der Waals surface area (Å²) in [7, 11) is 2.87. The minimum absolute atomic E-state index is 0.357. The number of hydrogen-bond donors (Lipinski definition) is 0. The number of anilines is 2. The van der Waals surface area contributed by atoms with Gasteiger partial charge >= 0.3 is 5.97 Å². The lowest BCUT2D eigenvalue weighted by molar-refractivity contribution is 0.0597. The number of carbonyl (C=O) groups excluding carboxylic acids is 1. The van der Waals surface area contributed by atoms with Crippen LogP contribution in [0.25, 0.3) is 0 Å². The van der Waals surface area contributed by atoms with Gasteiger partial charge in [-0.3, -0.25) is 4.98 Å². The molecule has 2 aromatic carbocycles. The second-order valence-corrected chi connectivity index (χ2v) is 6.24. The van der Waals surface area contributed by atoms with Gasteiger partial charge in [0.25, 0.3) is 0 Å².